The Bertz CT molecular complexity index is 893. The molecular formula is C23H27Cl3N2O2S. The largest absolute Gasteiger partial charge is 0.352 e. The van der Waals surface area contributed by atoms with Crippen LogP contribution in [0.4, 0.5) is 0 Å². The maximum absolute atomic E-state index is 13.1. The molecule has 2 unspecified atom stereocenters. The molecule has 0 saturated heterocycles. The lowest BCUT2D eigenvalue weighted by atomic mass is 10.1. The normalized spacial score (nSPS) is 12.8. The van der Waals surface area contributed by atoms with Crippen molar-refractivity contribution in [1.29, 1.82) is 0 Å². The van der Waals surface area contributed by atoms with Crippen molar-refractivity contribution in [3.63, 3.8) is 0 Å². The molecule has 1 N–H and O–H groups in total. The van der Waals surface area contributed by atoms with Gasteiger partial charge in [0.25, 0.3) is 0 Å². The lowest BCUT2D eigenvalue weighted by Gasteiger charge is -2.30. The van der Waals surface area contributed by atoms with Gasteiger partial charge in [0.15, 0.2) is 0 Å². The zero-order valence-electron chi connectivity index (χ0n) is 17.8. The Morgan fingerprint density at radius 3 is 2.32 bits per heavy atom. The fourth-order valence-electron chi connectivity index (χ4n) is 2.81. The number of carbonyl (C=O) groups is 2. The molecule has 0 heterocycles. The molecule has 2 aromatic rings. The predicted octanol–water partition coefficient (Wildman–Crippen LogP) is 6.46. The minimum Gasteiger partial charge on any atom is -0.352 e. The van der Waals surface area contributed by atoms with E-state index >= 15 is 0 Å². The molecule has 0 aromatic heterocycles. The van der Waals surface area contributed by atoms with Crippen LogP contribution < -0.4 is 5.32 Å². The van der Waals surface area contributed by atoms with Crippen molar-refractivity contribution in [2.45, 2.75) is 57.1 Å². The van der Waals surface area contributed by atoms with E-state index in [1.807, 2.05) is 44.2 Å². The molecule has 2 amide bonds. The van der Waals surface area contributed by atoms with Gasteiger partial charge in [0, 0.05) is 34.7 Å². The van der Waals surface area contributed by atoms with Crippen LogP contribution in [0.2, 0.25) is 15.1 Å². The van der Waals surface area contributed by atoms with Crippen molar-refractivity contribution >= 4 is 58.4 Å². The highest BCUT2D eigenvalue weighted by Crippen LogP contribution is 2.25. The first kappa shape index (κ1) is 25.9. The molecular weight excluding hydrogens is 475 g/mol. The molecule has 2 aromatic carbocycles. The number of nitrogens with one attached hydrogen (secondary N) is 1. The summed E-state index contributed by atoms with van der Waals surface area (Å²) in [6.07, 6.45) is 1.12. The molecule has 168 valence electrons. The van der Waals surface area contributed by atoms with Gasteiger partial charge in [-0.1, -0.05) is 47.8 Å². The summed E-state index contributed by atoms with van der Waals surface area (Å²) in [5.41, 5.74) is 0.816. The summed E-state index contributed by atoms with van der Waals surface area (Å²) in [6.45, 7) is 5.97. The van der Waals surface area contributed by atoms with Crippen LogP contribution in [0.15, 0.2) is 47.4 Å². The average molecular weight is 502 g/mol. The summed E-state index contributed by atoms with van der Waals surface area (Å²) in [6, 6.07) is 12.2. The van der Waals surface area contributed by atoms with Crippen LogP contribution in [0, 0.1) is 0 Å². The summed E-state index contributed by atoms with van der Waals surface area (Å²) >= 11 is 19.7. The smallest absolute Gasteiger partial charge is 0.242 e. The standard InChI is InChI=1S/C23H27Cl3N2O2S/c1-4-15(2)27-23(30)16(3)28(14-17-5-10-20(25)21(26)13-17)22(29)11-12-31-19-8-6-18(24)7-9-19/h5-10,13,15-16H,4,11-12,14H2,1-3H3,(H,27,30). The summed E-state index contributed by atoms with van der Waals surface area (Å²) in [4.78, 5) is 28.5. The van der Waals surface area contributed by atoms with Crippen molar-refractivity contribution in [3.8, 4) is 0 Å². The van der Waals surface area contributed by atoms with Crippen LogP contribution >= 0.6 is 46.6 Å². The number of nitrogens with zero attached hydrogens (tertiary/aromatic N) is 1. The topological polar surface area (TPSA) is 49.4 Å². The number of benzene rings is 2. The number of hydrogen-bond donors (Lipinski definition) is 1. The first-order valence-electron chi connectivity index (χ1n) is 10.1. The minimum absolute atomic E-state index is 0.0392. The first-order chi connectivity index (χ1) is 14.7. The van der Waals surface area contributed by atoms with Crippen LogP contribution in [0.3, 0.4) is 0 Å². The molecule has 0 spiro atoms. The van der Waals surface area contributed by atoms with E-state index in [4.69, 9.17) is 34.8 Å². The van der Waals surface area contributed by atoms with Gasteiger partial charge in [-0.3, -0.25) is 9.59 Å². The van der Waals surface area contributed by atoms with E-state index in [9.17, 15) is 9.59 Å². The van der Waals surface area contributed by atoms with Gasteiger partial charge < -0.3 is 10.2 Å². The zero-order valence-corrected chi connectivity index (χ0v) is 20.9. The van der Waals surface area contributed by atoms with Gasteiger partial charge >= 0.3 is 0 Å². The second-order valence-corrected chi connectivity index (χ2v) is 9.74. The van der Waals surface area contributed by atoms with Gasteiger partial charge in [-0.25, -0.2) is 0 Å². The Morgan fingerprint density at radius 2 is 1.71 bits per heavy atom. The Hall–Kier alpha value is -1.40. The summed E-state index contributed by atoms with van der Waals surface area (Å²) < 4.78 is 0. The Morgan fingerprint density at radius 1 is 1.03 bits per heavy atom. The number of thioether (sulfide) groups is 1. The Labute approximate surface area is 203 Å². The molecule has 0 bridgehead atoms. The van der Waals surface area contributed by atoms with Crippen LogP contribution in [0.25, 0.3) is 0 Å². The molecule has 2 atom stereocenters. The van der Waals surface area contributed by atoms with Gasteiger partial charge in [0.1, 0.15) is 6.04 Å². The average Bonchev–Trinajstić information content (AvgIpc) is 2.75. The van der Waals surface area contributed by atoms with E-state index < -0.39 is 6.04 Å². The SMILES string of the molecule is CCC(C)NC(=O)C(C)N(Cc1ccc(Cl)c(Cl)c1)C(=O)CCSc1ccc(Cl)cc1. The summed E-state index contributed by atoms with van der Waals surface area (Å²) in [7, 11) is 0. The number of amides is 2. The van der Waals surface area contributed by atoms with E-state index in [0.29, 0.717) is 27.2 Å². The monoisotopic (exact) mass is 500 g/mol. The Balaban J connectivity index is 2.10. The van der Waals surface area contributed by atoms with E-state index in [2.05, 4.69) is 5.32 Å². The third-order valence-corrected chi connectivity index (χ3v) is 6.91. The minimum atomic E-state index is -0.614. The maximum Gasteiger partial charge on any atom is 0.242 e. The summed E-state index contributed by atoms with van der Waals surface area (Å²) in [5, 5.41) is 4.50. The molecule has 0 radical (unpaired) electrons. The highest BCUT2D eigenvalue weighted by molar-refractivity contribution is 7.99. The molecule has 0 saturated carbocycles. The van der Waals surface area contributed by atoms with E-state index in [1.165, 1.54) is 0 Å². The maximum atomic E-state index is 13.1. The second-order valence-electron chi connectivity index (χ2n) is 7.32. The van der Waals surface area contributed by atoms with Crippen molar-refractivity contribution < 1.29 is 9.59 Å². The van der Waals surface area contributed by atoms with Gasteiger partial charge in [-0.15, -0.1) is 11.8 Å². The van der Waals surface area contributed by atoms with Crippen molar-refractivity contribution in [3.05, 3.63) is 63.1 Å². The van der Waals surface area contributed by atoms with Crippen molar-refractivity contribution in [2.75, 3.05) is 5.75 Å². The molecule has 0 fully saturated rings. The van der Waals surface area contributed by atoms with Gasteiger partial charge in [-0.05, 0) is 62.2 Å². The predicted molar refractivity (Wildman–Crippen MR) is 131 cm³/mol. The van der Waals surface area contributed by atoms with Crippen LogP contribution in [0.1, 0.15) is 39.2 Å². The van der Waals surface area contributed by atoms with Crippen LogP contribution in [0.5, 0.6) is 0 Å². The van der Waals surface area contributed by atoms with Crippen molar-refractivity contribution in [2.24, 2.45) is 0 Å². The van der Waals surface area contributed by atoms with Gasteiger partial charge in [0.05, 0.1) is 10.0 Å². The third-order valence-electron chi connectivity index (χ3n) is 4.90. The lowest BCUT2D eigenvalue weighted by molar-refractivity contribution is -0.140. The molecule has 0 aliphatic rings. The van der Waals surface area contributed by atoms with E-state index in [1.54, 1.807) is 35.7 Å². The number of hydrogen-bond acceptors (Lipinski definition) is 3. The molecule has 2 rings (SSSR count). The molecule has 4 nitrogen and oxygen atoms in total. The molecule has 31 heavy (non-hydrogen) atoms. The van der Waals surface area contributed by atoms with Crippen LogP contribution in [-0.4, -0.2) is 34.6 Å². The first-order valence-corrected chi connectivity index (χ1v) is 12.2. The number of rotatable bonds is 10. The van der Waals surface area contributed by atoms with Crippen LogP contribution in [-0.2, 0) is 16.1 Å². The van der Waals surface area contributed by atoms with Gasteiger partial charge in [0.2, 0.25) is 11.8 Å². The molecule has 8 heteroatoms. The number of halogens is 3. The summed E-state index contributed by atoms with van der Waals surface area (Å²) in [5.74, 6) is 0.324. The van der Waals surface area contributed by atoms with E-state index in [0.717, 1.165) is 16.9 Å². The zero-order chi connectivity index (χ0) is 23.0. The third kappa shape index (κ3) is 8.23. The van der Waals surface area contributed by atoms with Crippen molar-refractivity contribution in [1.82, 2.24) is 10.2 Å². The Kier molecular flexibility index (Phi) is 10.5. The van der Waals surface area contributed by atoms with E-state index in [-0.39, 0.29) is 24.4 Å². The number of carbonyl (C=O) groups excluding carboxylic acids is 2. The second kappa shape index (κ2) is 12.6. The van der Waals surface area contributed by atoms with Gasteiger partial charge in [-0.2, -0.15) is 0 Å². The fraction of sp³-hybridized carbons (Fsp3) is 0.391. The highest BCUT2D eigenvalue weighted by Gasteiger charge is 2.26. The fourth-order valence-corrected chi connectivity index (χ4v) is 4.10. The molecule has 0 aliphatic heterocycles. The lowest BCUT2D eigenvalue weighted by Crippen LogP contribution is -2.49. The quantitative estimate of drug-likeness (QED) is 0.380. The highest BCUT2D eigenvalue weighted by atomic mass is 35.5. The molecule has 0 aliphatic carbocycles.